The lowest BCUT2D eigenvalue weighted by atomic mass is 10.1. The van der Waals surface area contributed by atoms with Gasteiger partial charge in [-0.15, -0.1) is 0 Å². The minimum atomic E-state index is -0.375. The smallest absolute Gasteiger partial charge is 0.267 e. The minimum Gasteiger partial charge on any atom is -0.392 e. The third-order valence-corrected chi connectivity index (χ3v) is 4.57. The maximum atomic E-state index is 12.2. The van der Waals surface area contributed by atoms with E-state index in [0.29, 0.717) is 30.8 Å². The minimum absolute atomic E-state index is 0.0803. The number of hydrogen-bond acceptors (Lipinski definition) is 4. The highest BCUT2D eigenvalue weighted by Gasteiger charge is 2.31. The Bertz CT molecular complexity index is 741. The molecule has 0 radical (unpaired) electrons. The van der Waals surface area contributed by atoms with Gasteiger partial charge in [0.1, 0.15) is 5.69 Å². The van der Waals surface area contributed by atoms with Crippen molar-refractivity contribution in [2.75, 3.05) is 13.1 Å². The summed E-state index contributed by atoms with van der Waals surface area (Å²) in [6, 6.07) is 11.7. The predicted molar refractivity (Wildman–Crippen MR) is 94.4 cm³/mol. The fourth-order valence-electron chi connectivity index (χ4n) is 3.22. The number of nitrogens with zero attached hydrogens (tertiary/aromatic N) is 1. The van der Waals surface area contributed by atoms with Crippen molar-refractivity contribution < 1.29 is 14.7 Å². The fraction of sp³-hybridized carbons (Fsp3) is 0.368. The van der Waals surface area contributed by atoms with Crippen molar-refractivity contribution in [1.82, 2.24) is 15.2 Å². The van der Waals surface area contributed by atoms with Gasteiger partial charge in [-0.3, -0.25) is 14.5 Å². The molecule has 1 aliphatic rings. The van der Waals surface area contributed by atoms with E-state index in [2.05, 4.69) is 27.3 Å². The molecule has 2 unspecified atom stereocenters. The number of amides is 1. The average Bonchev–Trinajstić information content (AvgIpc) is 3.21. The summed E-state index contributed by atoms with van der Waals surface area (Å²) < 4.78 is 0. The van der Waals surface area contributed by atoms with Gasteiger partial charge in [0.05, 0.1) is 6.10 Å². The average molecular weight is 341 g/mol. The zero-order valence-corrected chi connectivity index (χ0v) is 14.2. The van der Waals surface area contributed by atoms with Crippen LogP contribution in [-0.2, 0) is 6.54 Å². The Hall–Kier alpha value is -2.44. The number of nitrogens with one attached hydrogen (secondary N) is 2. The van der Waals surface area contributed by atoms with Gasteiger partial charge in [0, 0.05) is 37.4 Å². The molecule has 3 rings (SSSR count). The van der Waals surface area contributed by atoms with E-state index in [1.807, 2.05) is 18.2 Å². The Balaban J connectivity index is 1.58. The summed E-state index contributed by atoms with van der Waals surface area (Å²) in [6.07, 6.45) is 1.80. The van der Waals surface area contributed by atoms with E-state index in [1.165, 1.54) is 18.7 Å². The second-order valence-electron chi connectivity index (χ2n) is 6.53. The molecule has 6 nitrogen and oxygen atoms in total. The highest BCUT2D eigenvalue weighted by Crippen LogP contribution is 2.20. The Morgan fingerprint density at radius 1 is 1.32 bits per heavy atom. The first-order chi connectivity index (χ1) is 12.0. The van der Waals surface area contributed by atoms with E-state index in [0.717, 1.165) is 6.54 Å². The Kier molecular flexibility index (Phi) is 5.31. The fourth-order valence-corrected chi connectivity index (χ4v) is 3.22. The van der Waals surface area contributed by atoms with Crippen LogP contribution in [0.3, 0.4) is 0 Å². The lowest BCUT2D eigenvalue weighted by Gasteiger charge is -2.24. The lowest BCUT2D eigenvalue weighted by molar-refractivity contribution is 0.0935. The van der Waals surface area contributed by atoms with Gasteiger partial charge in [0.25, 0.3) is 5.91 Å². The summed E-state index contributed by atoms with van der Waals surface area (Å²) in [5.41, 5.74) is 2.05. The molecule has 2 aromatic rings. The van der Waals surface area contributed by atoms with Gasteiger partial charge < -0.3 is 15.4 Å². The number of ketones is 1. The van der Waals surface area contributed by atoms with Crippen molar-refractivity contribution >= 4 is 11.7 Å². The number of β-amino-alcohol motifs (C(OH)–C–C–N with tert-alkyl or cyclic N) is 1. The van der Waals surface area contributed by atoms with Crippen molar-refractivity contribution in [3.63, 3.8) is 0 Å². The molecule has 6 heteroatoms. The number of aromatic nitrogens is 1. The van der Waals surface area contributed by atoms with E-state index in [1.54, 1.807) is 6.07 Å². The van der Waals surface area contributed by atoms with Crippen LogP contribution in [0, 0.1) is 0 Å². The summed E-state index contributed by atoms with van der Waals surface area (Å²) >= 11 is 0. The van der Waals surface area contributed by atoms with Crippen LogP contribution in [0.2, 0.25) is 0 Å². The number of likely N-dealkylation sites (tertiary alicyclic amines) is 1. The molecule has 3 N–H and O–H groups in total. The first-order valence-corrected chi connectivity index (χ1v) is 8.46. The maximum Gasteiger partial charge on any atom is 0.267 e. The monoisotopic (exact) mass is 341 g/mol. The molecule has 1 saturated heterocycles. The molecule has 1 aliphatic heterocycles. The second kappa shape index (κ2) is 7.63. The molecule has 1 aromatic heterocycles. The van der Waals surface area contributed by atoms with Crippen molar-refractivity contribution in [3.8, 4) is 0 Å². The molecule has 2 atom stereocenters. The van der Waals surface area contributed by atoms with Gasteiger partial charge in [0.2, 0.25) is 0 Å². The number of aliphatic hydroxyl groups excluding tert-OH is 1. The molecular weight excluding hydrogens is 318 g/mol. The third-order valence-electron chi connectivity index (χ3n) is 4.57. The number of aromatic amines is 1. The van der Waals surface area contributed by atoms with Gasteiger partial charge in [-0.1, -0.05) is 30.3 Å². The number of carbonyl (C=O) groups excluding carboxylic acids is 2. The van der Waals surface area contributed by atoms with Crippen LogP contribution in [0.5, 0.6) is 0 Å². The van der Waals surface area contributed by atoms with E-state index >= 15 is 0 Å². The predicted octanol–water partition coefficient (Wildman–Crippen LogP) is 1.58. The van der Waals surface area contributed by atoms with Crippen LogP contribution >= 0.6 is 0 Å². The quantitative estimate of drug-likeness (QED) is 0.697. The third kappa shape index (κ3) is 4.35. The Morgan fingerprint density at radius 2 is 2.08 bits per heavy atom. The number of Topliss-reactive ketones (excluding diaryl/α,β-unsaturated/α-hetero) is 1. The molecule has 1 fully saturated rings. The molecule has 0 saturated carbocycles. The molecule has 132 valence electrons. The zero-order valence-electron chi connectivity index (χ0n) is 14.2. The number of H-pyrrole nitrogens is 1. The largest absolute Gasteiger partial charge is 0.392 e. The first-order valence-electron chi connectivity index (χ1n) is 8.46. The summed E-state index contributed by atoms with van der Waals surface area (Å²) in [6.45, 7) is 3.27. The molecule has 2 heterocycles. The SMILES string of the molecule is CC(=O)c1c[nH]c(C(=O)NCC2CC(O)CN2Cc2ccccc2)c1. The van der Waals surface area contributed by atoms with E-state index in [4.69, 9.17) is 0 Å². The maximum absolute atomic E-state index is 12.2. The first kappa shape index (κ1) is 17.4. The molecule has 0 bridgehead atoms. The Labute approximate surface area is 146 Å². The normalized spacial score (nSPS) is 20.6. The molecule has 1 aromatic carbocycles. The van der Waals surface area contributed by atoms with Gasteiger partial charge in [-0.25, -0.2) is 0 Å². The van der Waals surface area contributed by atoms with Crippen molar-refractivity contribution in [2.45, 2.75) is 32.0 Å². The number of hydrogen-bond donors (Lipinski definition) is 3. The number of rotatable bonds is 6. The van der Waals surface area contributed by atoms with Crippen LogP contribution < -0.4 is 5.32 Å². The highest BCUT2D eigenvalue weighted by atomic mass is 16.3. The van der Waals surface area contributed by atoms with Gasteiger partial charge in [-0.05, 0) is 25.0 Å². The number of benzene rings is 1. The van der Waals surface area contributed by atoms with Crippen LogP contribution in [0.1, 0.15) is 39.8 Å². The second-order valence-corrected chi connectivity index (χ2v) is 6.53. The summed E-state index contributed by atoms with van der Waals surface area (Å²) in [5, 5.41) is 12.9. The molecule has 0 aliphatic carbocycles. The standard InChI is InChI=1S/C19H23N3O3/c1-13(23)15-7-18(20-9-15)19(25)21-10-16-8-17(24)12-22(16)11-14-5-3-2-4-6-14/h2-7,9,16-17,20,24H,8,10-12H2,1H3,(H,21,25). The molecular formula is C19H23N3O3. The van der Waals surface area contributed by atoms with E-state index in [-0.39, 0.29) is 23.8 Å². The van der Waals surface area contributed by atoms with Gasteiger partial charge >= 0.3 is 0 Å². The summed E-state index contributed by atoms with van der Waals surface area (Å²) in [4.78, 5) is 28.6. The van der Waals surface area contributed by atoms with Crippen molar-refractivity contribution in [3.05, 3.63) is 59.4 Å². The molecule has 25 heavy (non-hydrogen) atoms. The lowest BCUT2D eigenvalue weighted by Crippen LogP contribution is -2.39. The zero-order chi connectivity index (χ0) is 17.8. The van der Waals surface area contributed by atoms with Gasteiger partial charge in [0.15, 0.2) is 5.78 Å². The highest BCUT2D eigenvalue weighted by molar-refractivity contribution is 5.99. The van der Waals surface area contributed by atoms with Crippen molar-refractivity contribution in [2.24, 2.45) is 0 Å². The van der Waals surface area contributed by atoms with Crippen LogP contribution in [-0.4, -0.2) is 51.9 Å². The van der Waals surface area contributed by atoms with Crippen LogP contribution in [0.25, 0.3) is 0 Å². The summed E-state index contributed by atoms with van der Waals surface area (Å²) in [5.74, 6) is -0.322. The van der Waals surface area contributed by atoms with Crippen LogP contribution in [0.4, 0.5) is 0 Å². The van der Waals surface area contributed by atoms with Gasteiger partial charge in [-0.2, -0.15) is 0 Å². The Morgan fingerprint density at radius 3 is 2.76 bits per heavy atom. The van der Waals surface area contributed by atoms with Crippen LogP contribution in [0.15, 0.2) is 42.6 Å². The molecule has 0 spiro atoms. The topological polar surface area (TPSA) is 85.4 Å². The number of carbonyl (C=O) groups is 2. The van der Waals surface area contributed by atoms with Crippen molar-refractivity contribution in [1.29, 1.82) is 0 Å². The van der Waals surface area contributed by atoms with E-state index in [9.17, 15) is 14.7 Å². The van der Waals surface area contributed by atoms with E-state index < -0.39 is 0 Å². The summed E-state index contributed by atoms with van der Waals surface area (Å²) in [7, 11) is 0. The number of aliphatic hydroxyl groups is 1. The molecule has 1 amide bonds.